The molecule has 1 saturated carbocycles. The first kappa shape index (κ1) is 13.5. The largest absolute Gasteiger partial charge is 0.480 e. The summed E-state index contributed by atoms with van der Waals surface area (Å²) in [5.41, 5.74) is 4.68. The lowest BCUT2D eigenvalue weighted by atomic mass is 9.86. The maximum atomic E-state index is 10.9. The molecule has 1 fully saturated rings. The predicted molar refractivity (Wildman–Crippen MR) is 65.2 cm³/mol. The van der Waals surface area contributed by atoms with Crippen LogP contribution in [0.4, 0.5) is 0 Å². The minimum atomic E-state index is -1.06. The summed E-state index contributed by atoms with van der Waals surface area (Å²) < 4.78 is 0. The Hall–Kier alpha value is -0.570. The van der Waals surface area contributed by atoms with E-state index in [9.17, 15) is 4.79 Å². The number of aliphatic carboxylic acids is 1. The van der Waals surface area contributed by atoms with Crippen LogP contribution in [-0.2, 0) is 4.79 Å². The number of carboxylic acids is 1. The highest BCUT2D eigenvalue weighted by atomic mass is 16.4. The maximum absolute atomic E-state index is 10.9. The third-order valence-corrected chi connectivity index (χ3v) is 3.80. The van der Waals surface area contributed by atoms with Gasteiger partial charge in [-0.25, -0.2) is 0 Å². The fourth-order valence-corrected chi connectivity index (χ4v) is 2.73. The number of hydrogen-bond acceptors (Lipinski definition) is 2. The lowest BCUT2D eigenvalue weighted by Gasteiger charge is -2.24. The van der Waals surface area contributed by atoms with Gasteiger partial charge in [0.15, 0.2) is 0 Å². The highest BCUT2D eigenvalue weighted by Gasteiger charge is 2.30. The van der Waals surface area contributed by atoms with E-state index in [0.717, 1.165) is 12.3 Å². The van der Waals surface area contributed by atoms with Crippen LogP contribution in [0.1, 0.15) is 58.8 Å². The maximum Gasteiger partial charge on any atom is 0.323 e. The molecule has 0 radical (unpaired) electrons. The molecule has 0 bridgehead atoms. The van der Waals surface area contributed by atoms with Crippen molar-refractivity contribution in [1.29, 1.82) is 0 Å². The van der Waals surface area contributed by atoms with Gasteiger partial charge in [0.05, 0.1) is 0 Å². The van der Waals surface area contributed by atoms with Crippen molar-refractivity contribution in [1.82, 2.24) is 0 Å². The molecule has 0 spiro atoms. The molecule has 3 nitrogen and oxygen atoms in total. The second kappa shape index (κ2) is 5.67. The van der Waals surface area contributed by atoms with Crippen molar-refractivity contribution >= 4 is 5.97 Å². The van der Waals surface area contributed by atoms with E-state index < -0.39 is 11.5 Å². The molecule has 1 aliphatic carbocycles. The quantitative estimate of drug-likeness (QED) is 0.733. The van der Waals surface area contributed by atoms with E-state index >= 15 is 0 Å². The van der Waals surface area contributed by atoms with Gasteiger partial charge in [-0.15, -0.1) is 0 Å². The van der Waals surface area contributed by atoms with Gasteiger partial charge in [-0.1, -0.05) is 45.4 Å². The Morgan fingerprint density at radius 1 is 1.50 bits per heavy atom. The molecule has 2 atom stereocenters. The first-order valence-corrected chi connectivity index (χ1v) is 6.44. The molecule has 2 unspecified atom stereocenters. The minimum absolute atomic E-state index is 0.409. The second-order valence-electron chi connectivity index (χ2n) is 5.76. The van der Waals surface area contributed by atoms with Gasteiger partial charge in [0.1, 0.15) is 5.54 Å². The molecule has 16 heavy (non-hydrogen) atoms. The Morgan fingerprint density at radius 2 is 2.06 bits per heavy atom. The van der Waals surface area contributed by atoms with Crippen molar-refractivity contribution in [2.24, 2.45) is 17.6 Å². The molecule has 1 rings (SSSR count). The topological polar surface area (TPSA) is 63.3 Å². The summed E-state index contributed by atoms with van der Waals surface area (Å²) in [5.74, 6) is 0.406. The normalized spacial score (nSPS) is 22.9. The molecule has 0 aromatic rings. The minimum Gasteiger partial charge on any atom is -0.480 e. The van der Waals surface area contributed by atoms with Gasteiger partial charge in [0, 0.05) is 0 Å². The van der Waals surface area contributed by atoms with Crippen LogP contribution < -0.4 is 5.73 Å². The summed E-state index contributed by atoms with van der Waals surface area (Å²) >= 11 is 0. The zero-order valence-corrected chi connectivity index (χ0v) is 10.5. The van der Waals surface area contributed by atoms with Crippen molar-refractivity contribution in [3.63, 3.8) is 0 Å². The van der Waals surface area contributed by atoms with Crippen molar-refractivity contribution < 1.29 is 9.90 Å². The van der Waals surface area contributed by atoms with E-state index in [4.69, 9.17) is 10.8 Å². The summed E-state index contributed by atoms with van der Waals surface area (Å²) in [5, 5.41) is 8.94. The van der Waals surface area contributed by atoms with Crippen LogP contribution in [0.15, 0.2) is 0 Å². The third kappa shape index (κ3) is 4.12. The van der Waals surface area contributed by atoms with Gasteiger partial charge in [0.25, 0.3) is 0 Å². The van der Waals surface area contributed by atoms with Crippen LogP contribution in [0, 0.1) is 11.8 Å². The Bertz CT molecular complexity index is 232. The van der Waals surface area contributed by atoms with Crippen molar-refractivity contribution in [3.05, 3.63) is 0 Å². The molecule has 0 saturated heterocycles. The predicted octanol–water partition coefficient (Wildman–Crippen LogP) is 2.79. The Kier molecular flexibility index (Phi) is 4.78. The molecule has 3 heteroatoms. The molecule has 0 aromatic carbocycles. The zero-order valence-electron chi connectivity index (χ0n) is 10.5. The Balaban J connectivity index is 2.24. The fraction of sp³-hybridized carbons (Fsp3) is 0.923. The molecule has 0 heterocycles. The molecule has 0 aromatic heterocycles. The average Bonchev–Trinajstić information content (AvgIpc) is 2.66. The first-order valence-electron chi connectivity index (χ1n) is 6.44. The number of rotatable bonds is 6. The summed E-state index contributed by atoms with van der Waals surface area (Å²) in [7, 11) is 0. The van der Waals surface area contributed by atoms with E-state index in [1.54, 1.807) is 6.92 Å². The molecular formula is C13H25NO2. The fourth-order valence-electron chi connectivity index (χ4n) is 2.73. The lowest BCUT2D eigenvalue weighted by Crippen LogP contribution is -2.46. The first-order chi connectivity index (χ1) is 7.42. The molecule has 3 N–H and O–H groups in total. The summed E-state index contributed by atoms with van der Waals surface area (Å²) in [6.45, 7) is 3.73. The monoisotopic (exact) mass is 227 g/mol. The summed E-state index contributed by atoms with van der Waals surface area (Å²) in [6.07, 6.45) is 8.43. The number of carbonyl (C=O) groups is 1. The number of hydrogen-bond donors (Lipinski definition) is 2. The van der Waals surface area contributed by atoms with Gasteiger partial charge in [0.2, 0.25) is 0 Å². The Morgan fingerprint density at radius 3 is 2.56 bits per heavy atom. The van der Waals surface area contributed by atoms with Gasteiger partial charge in [-0.2, -0.15) is 0 Å². The number of carboxylic acid groups (broad SMARTS) is 1. The molecular weight excluding hydrogens is 202 g/mol. The van der Waals surface area contributed by atoms with E-state index in [0.29, 0.717) is 12.3 Å². The standard InChI is InChI=1S/C13H25NO2/c1-10(9-13(2,14)12(15)16)7-8-11-5-3-4-6-11/h10-11H,3-9,14H2,1-2H3,(H,15,16). The highest BCUT2D eigenvalue weighted by molar-refractivity contribution is 5.77. The smallest absolute Gasteiger partial charge is 0.323 e. The van der Waals surface area contributed by atoms with E-state index in [1.165, 1.54) is 32.1 Å². The van der Waals surface area contributed by atoms with Crippen LogP contribution in [0.2, 0.25) is 0 Å². The molecule has 0 aliphatic heterocycles. The van der Waals surface area contributed by atoms with Crippen LogP contribution in [0.25, 0.3) is 0 Å². The summed E-state index contributed by atoms with van der Waals surface area (Å²) in [4.78, 5) is 10.9. The summed E-state index contributed by atoms with van der Waals surface area (Å²) in [6, 6.07) is 0. The van der Waals surface area contributed by atoms with Crippen LogP contribution >= 0.6 is 0 Å². The third-order valence-electron chi connectivity index (χ3n) is 3.80. The zero-order chi connectivity index (χ0) is 12.2. The van der Waals surface area contributed by atoms with Crippen LogP contribution in [0.3, 0.4) is 0 Å². The van der Waals surface area contributed by atoms with Gasteiger partial charge in [-0.3, -0.25) is 4.79 Å². The van der Waals surface area contributed by atoms with Crippen molar-refractivity contribution in [2.45, 2.75) is 64.3 Å². The second-order valence-corrected chi connectivity index (χ2v) is 5.76. The van der Waals surface area contributed by atoms with Gasteiger partial charge < -0.3 is 10.8 Å². The molecule has 94 valence electrons. The van der Waals surface area contributed by atoms with E-state index in [1.807, 2.05) is 0 Å². The lowest BCUT2D eigenvalue weighted by molar-refractivity contribution is -0.143. The van der Waals surface area contributed by atoms with Crippen molar-refractivity contribution in [3.8, 4) is 0 Å². The van der Waals surface area contributed by atoms with E-state index in [2.05, 4.69) is 6.92 Å². The Labute approximate surface area is 98.4 Å². The van der Waals surface area contributed by atoms with Crippen LogP contribution in [-0.4, -0.2) is 16.6 Å². The average molecular weight is 227 g/mol. The van der Waals surface area contributed by atoms with Crippen LogP contribution in [0.5, 0.6) is 0 Å². The number of nitrogens with two attached hydrogens (primary N) is 1. The highest BCUT2D eigenvalue weighted by Crippen LogP contribution is 2.31. The molecule has 0 amide bonds. The van der Waals surface area contributed by atoms with Gasteiger partial charge in [-0.05, 0) is 25.2 Å². The molecule has 1 aliphatic rings. The SMILES string of the molecule is CC(CCC1CCCC1)CC(C)(N)C(=O)O. The van der Waals surface area contributed by atoms with Crippen molar-refractivity contribution in [2.75, 3.05) is 0 Å². The van der Waals surface area contributed by atoms with Gasteiger partial charge >= 0.3 is 5.97 Å². The van der Waals surface area contributed by atoms with E-state index in [-0.39, 0.29) is 0 Å².